The van der Waals surface area contributed by atoms with E-state index in [1.54, 1.807) is 11.4 Å². The fourth-order valence-electron chi connectivity index (χ4n) is 1.45. The normalized spacial score (nSPS) is 9.65. The van der Waals surface area contributed by atoms with Gasteiger partial charge in [-0.1, -0.05) is 19.9 Å². The molecule has 0 radical (unpaired) electrons. The van der Waals surface area contributed by atoms with Gasteiger partial charge in [-0.3, -0.25) is 0 Å². The van der Waals surface area contributed by atoms with Crippen molar-refractivity contribution < 1.29 is 9.53 Å². The van der Waals surface area contributed by atoms with E-state index < -0.39 is 0 Å². The summed E-state index contributed by atoms with van der Waals surface area (Å²) < 4.78 is 6.61. The number of fused-ring (bicyclic) bond motifs is 1. The molecule has 2 aromatic heterocycles. The molecule has 0 N–H and O–H groups in total. The van der Waals surface area contributed by atoms with Gasteiger partial charge in [0.15, 0.2) is 0 Å². The van der Waals surface area contributed by atoms with Gasteiger partial charge in [0.25, 0.3) is 0 Å². The van der Waals surface area contributed by atoms with Crippen molar-refractivity contribution in [1.29, 1.82) is 0 Å². The minimum absolute atomic E-state index is 0.323. The Morgan fingerprint density at radius 2 is 2.12 bits per heavy atom. The van der Waals surface area contributed by atoms with Crippen LogP contribution in [0.25, 0.3) is 5.52 Å². The van der Waals surface area contributed by atoms with Crippen LogP contribution in [-0.2, 0) is 4.74 Å². The summed E-state index contributed by atoms with van der Waals surface area (Å²) in [6.45, 7) is 8.14. The summed E-state index contributed by atoms with van der Waals surface area (Å²) in [5, 5.41) is 4.10. The average molecular weight is 234 g/mol. The number of ether oxygens (including phenoxy) is 1. The molecule has 0 unspecified atom stereocenters. The quantitative estimate of drug-likeness (QED) is 0.750. The number of pyridine rings is 1. The zero-order chi connectivity index (χ0) is 12.8. The van der Waals surface area contributed by atoms with Gasteiger partial charge in [0, 0.05) is 6.20 Å². The molecule has 0 saturated heterocycles. The minimum Gasteiger partial charge on any atom is -0.462 e. The van der Waals surface area contributed by atoms with Gasteiger partial charge in [-0.25, -0.2) is 9.31 Å². The van der Waals surface area contributed by atoms with E-state index in [-0.39, 0.29) is 5.97 Å². The highest BCUT2D eigenvalue weighted by Gasteiger charge is 2.12. The van der Waals surface area contributed by atoms with E-state index in [0.717, 1.165) is 11.1 Å². The van der Waals surface area contributed by atoms with Crippen LogP contribution in [0.4, 0.5) is 0 Å². The first kappa shape index (κ1) is 13.2. The summed E-state index contributed by atoms with van der Waals surface area (Å²) in [5.74, 6) is -0.323. The maximum absolute atomic E-state index is 11.5. The maximum atomic E-state index is 11.5. The zero-order valence-electron chi connectivity index (χ0n) is 10.7. The van der Waals surface area contributed by atoms with Crippen molar-refractivity contribution >= 4 is 11.5 Å². The molecule has 0 fully saturated rings. The number of carbonyl (C=O) groups excluding carboxylic acids is 1. The van der Waals surface area contributed by atoms with Gasteiger partial charge in [-0.2, -0.15) is 5.10 Å². The van der Waals surface area contributed by atoms with E-state index in [1.807, 2.05) is 39.1 Å². The van der Waals surface area contributed by atoms with Crippen LogP contribution in [0.3, 0.4) is 0 Å². The Hall–Kier alpha value is -1.84. The Balaban J connectivity index is 0.000000686. The standard InChI is InChI=1S/C11H12N2O2.C2H6/c1-3-15-11(14)9-6-12-13-7-8(2)4-5-10(9)13;1-2/h4-7H,3H2,1-2H3;1-2H3. The first-order valence-corrected chi connectivity index (χ1v) is 5.83. The Bertz CT molecular complexity index is 503. The molecule has 4 nitrogen and oxygen atoms in total. The lowest BCUT2D eigenvalue weighted by molar-refractivity contribution is 0.0528. The lowest BCUT2D eigenvalue weighted by atomic mass is 10.2. The van der Waals surface area contributed by atoms with Crippen LogP contribution < -0.4 is 0 Å². The maximum Gasteiger partial charge on any atom is 0.341 e. The van der Waals surface area contributed by atoms with Gasteiger partial charge < -0.3 is 4.74 Å². The Labute approximate surface area is 101 Å². The first-order chi connectivity index (χ1) is 8.22. The van der Waals surface area contributed by atoms with Crippen molar-refractivity contribution in [3.05, 3.63) is 35.7 Å². The second-order valence-corrected chi connectivity index (χ2v) is 3.31. The van der Waals surface area contributed by atoms with Crippen molar-refractivity contribution in [3.63, 3.8) is 0 Å². The number of carbonyl (C=O) groups is 1. The molecule has 0 aliphatic carbocycles. The molecule has 17 heavy (non-hydrogen) atoms. The van der Waals surface area contributed by atoms with Crippen LogP contribution >= 0.6 is 0 Å². The van der Waals surface area contributed by atoms with E-state index in [0.29, 0.717) is 12.2 Å². The predicted molar refractivity (Wildman–Crippen MR) is 67.2 cm³/mol. The molecule has 0 bridgehead atoms. The molecule has 0 aliphatic rings. The third kappa shape index (κ3) is 2.84. The molecule has 92 valence electrons. The van der Waals surface area contributed by atoms with Crippen LogP contribution in [0, 0.1) is 6.92 Å². The van der Waals surface area contributed by atoms with E-state index in [9.17, 15) is 4.79 Å². The number of hydrogen-bond acceptors (Lipinski definition) is 3. The third-order valence-electron chi connectivity index (χ3n) is 2.16. The van der Waals surface area contributed by atoms with E-state index >= 15 is 0 Å². The Kier molecular flexibility index (Phi) is 4.69. The fourth-order valence-corrected chi connectivity index (χ4v) is 1.45. The van der Waals surface area contributed by atoms with E-state index in [2.05, 4.69) is 5.10 Å². The lowest BCUT2D eigenvalue weighted by Crippen LogP contribution is -2.03. The molecule has 0 spiro atoms. The smallest absolute Gasteiger partial charge is 0.341 e. The molecule has 0 saturated carbocycles. The topological polar surface area (TPSA) is 43.6 Å². The largest absolute Gasteiger partial charge is 0.462 e. The highest BCUT2D eigenvalue weighted by molar-refractivity contribution is 5.96. The molecule has 0 atom stereocenters. The number of nitrogens with zero attached hydrogens (tertiary/aromatic N) is 2. The number of esters is 1. The summed E-state index contributed by atoms with van der Waals surface area (Å²) in [7, 11) is 0. The minimum atomic E-state index is -0.323. The van der Waals surface area contributed by atoms with Crippen LogP contribution in [0.15, 0.2) is 24.5 Å². The molecule has 2 heterocycles. The second kappa shape index (κ2) is 6.03. The predicted octanol–water partition coefficient (Wildman–Crippen LogP) is 2.85. The molecule has 0 aromatic carbocycles. The van der Waals surface area contributed by atoms with E-state index in [1.165, 1.54) is 6.20 Å². The average Bonchev–Trinajstić information content (AvgIpc) is 2.74. The monoisotopic (exact) mass is 234 g/mol. The van der Waals surface area contributed by atoms with Gasteiger partial charge in [-0.05, 0) is 25.5 Å². The Morgan fingerprint density at radius 3 is 2.76 bits per heavy atom. The first-order valence-electron chi connectivity index (χ1n) is 5.83. The molecular weight excluding hydrogens is 216 g/mol. The molecule has 0 amide bonds. The summed E-state index contributed by atoms with van der Waals surface area (Å²) in [5.41, 5.74) is 2.39. The number of hydrogen-bond donors (Lipinski definition) is 0. The second-order valence-electron chi connectivity index (χ2n) is 3.31. The highest BCUT2D eigenvalue weighted by Crippen LogP contribution is 2.12. The van der Waals surface area contributed by atoms with Crippen molar-refractivity contribution in [3.8, 4) is 0 Å². The van der Waals surface area contributed by atoms with Gasteiger partial charge >= 0.3 is 5.97 Å². The highest BCUT2D eigenvalue weighted by atomic mass is 16.5. The zero-order valence-corrected chi connectivity index (χ0v) is 10.7. The van der Waals surface area contributed by atoms with Gasteiger partial charge in [0.05, 0.1) is 18.3 Å². The van der Waals surface area contributed by atoms with Crippen LogP contribution in [0.5, 0.6) is 0 Å². The Morgan fingerprint density at radius 1 is 1.41 bits per heavy atom. The third-order valence-corrected chi connectivity index (χ3v) is 2.16. The molecule has 2 aromatic rings. The van der Waals surface area contributed by atoms with Crippen molar-refractivity contribution in [2.24, 2.45) is 0 Å². The fraction of sp³-hybridized carbons (Fsp3) is 0.385. The number of rotatable bonds is 2. The van der Waals surface area contributed by atoms with Crippen molar-refractivity contribution in [2.75, 3.05) is 6.61 Å². The van der Waals surface area contributed by atoms with Gasteiger partial charge in [0.2, 0.25) is 0 Å². The van der Waals surface area contributed by atoms with Gasteiger partial charge in [0.1, 0.15) is 5.56 Å². The summed E-state index contributed by atoms with van der Waals surface area (Å²) >= 11 is 0. The number of aryl methyl sites for hydroxylation is 1. The molecule has 4 heteroatoms. The molecular formula is C13H18N2O2. The number of aromatic nitrogens is 2. The van der Waals surface area contributed by atoms with Gasteiger partial charge in [-0.15, -0.1) is 0 Å². The summed E-state index contributed by atoms with van der Waals surface area (Å²) in [4.78, 5) is 11.5. The van der Waals surface area contributed by atoms with Crippen LogP contribution in [0.1, 0.15) is 36.7 Å². The van der Waals surface area contributed by atoms with Crippen molar-refractivity contribution in [1.82, 2.24) is 9.61 Å². The van der Waals surface area contributed by atoms with Crippen LogP contribution in [-0.4, -0.2) is 22.2 Å². The summed E-state index contributed by atoms with van der Waals surface area (Å²) in [6.07, 6.45) is 3.41. The summed E-state index contributed by atoms with van der Waals surface area (Å²) in [6, 6.07) is 3.81. The van der Waals surface area contributed by atoms with Crippen molar-refractivity contribution in [2.45, 2.75) is 27.7 Å². The molecule has 2 rings (SSSR count). The van der Waals surface area contributed by atoms with E-state index in [4.69, 9.17) is 4.74 Å². The lowest BCUT2D eigenvalue weighted by Gasteiger charge is -1.99. The SMILES string of the molecule is CC.CCOC(=O)c1cnn2cc(C)ccc12. The van der Waals surface area contributed by atoms with Crippen LogP contribution in [0.2, 0.25) is 0 Å². The molecule has 0 aliphatic heterocycles.